The molecule has 0 atom stereocenters. The average molecular weight is 297 g/mol. The smallest absolute Gasteiger partial charge is 0.246 e. The van der Waals surface area contributed by atoms with E-state index in [0.29, 0.717) is 29.2 Å². The van der Waals surface area contributed by atoms with E-state index in [4.69, 9.17) is 27.7 Å². The van der Waals surface area contributed by atoms with Crippen molar-refractivity contribution < 1.29 is 4.52 Å². The maximum Gasteiger partial charge on any atom is 0.246 e. The van der Waals surface area contributed by atoms with Crippen LogP contribution in [-0.2, 0) is 12.4 Å². The maximum absolute atomic E-state index is 5.96. The third kappa shape index (κ3) is 2.31. The van der Waals surface area contributed by atoms with Gasteiger partial charge in [0.2, 0.25) is 5.89 Å². The maximum atomic E-state index is 5.96. The number of benzene rings is 1. The first kappa shape index (κ1) is 12.4. The van der Waals surface area contributed by atoms with Gasteiger partial charge in [-0.15, -0.1) is 11.6 Å². The number of rotatable bonds is 3. The number of aryl methyl sites for hydroxylation is 1. The first-order chi connectivity index (χ1) is 9.17. The van der Waals surface area contributed by atoms with Crippen LogP contribution >= 0.6 is 23.2 Å². The summed E-state index contributed by atoms with van der Waals surface area (Å²) in [5.41, 5.74) is 1.75. The molecule has 2 heterocycles. The Labute approximate surface area is 119 Å². The highest BCUT2D eigenvalue weighted by molar-refractivity contribution is 6.31. The zero-order chi connectivity index (χ0) is 13.4. The summed E-state index contributed by atoms with van der Waals surface area (Å²) in [6, 6.07) is 5.53. The van der Waals surface area contributed by atoms with E-state index in [2.05, 4.69) is 15.1 Å². The highest BCUT2D eigenvalue weighted by atomic mass is 35.5. The van der Waals surface area contributed by atoms with E-state index in [1.54, 1.807) is 6.92 Å². The lowest BCUT2D eigenvalue weighted by molar-refractivity contribution is 0.368. The number of nitrogens with zero attached hydrogens (tertiary/aromatic N) is 4. The van der Waals surface area contributed by atoms with Gasteiger partial charge in [-0.05, 0) is 25.1 Å². The molecule has 5 nitrogen and oxygen atoms in total. The summed E-state index contributed by atoms with van der Waals surface area (Å²) < 4.78 is 7.08. The van der Waals surface area contributed by atoms with Crippen LogP contribution in [0.15, 0.2) is 22.7 Å². The fraction of sp³-hybridized carbons (Fsp3) is 0.250. The van der Waals surface area contributed by atoms with Gasteiger partial charge in [0.25, 0.3) is 0 Å². The van der Waals surface area contributed by atoms with Gasteiger partial charge in [-0.25, -0.2) is 4.98 Å². The van der Waals surface area contributed by atoms with E-state index < -0.39 is 0 Å². The van der Waals surface area contributed by atoms with Gasteiger partial charge in [-0.2, -0.15) is 4.98 Å². The second kappa shape index (κ2) is 4.83. The Kier molecular flexibility index (Phi) is 3.16. The molecule has 0 saturated carbocycles. The van der Waals surface area contributed by atoms with Crippen LogP contribution in [0.1, 0.15) is 17.5 Å². The summed E-state index contributed by atoms with van der Waals surface area (Å²) in [6.45, 7) is 2.22. The van der Waals surface area contributed by atoms with Gasteiger partial charge in [0, 0.05) is 5.02 Å². The summed E-state index contributed by atoms with van der Waals surface area (Å²) in [5.74, 6) is 2.18. The fourth-order valence-electron chi connectivity index (χ4n) is 1.97. The van der Waals surface area contributed by atoms with Gasteiger partial charge in [0.1, 0.15) is 12.4 Å². The first-order valence-corrected chi connectivity index (χ1v) is 6.58. The van der Waals surface area contributed by atoms with Crippen LogP contribution < -0.4 is 0 Å². The largest absolute Gasteiger partial charge is 0.337 e. The highest BCUT2D eigenvalue weighted by Crippen LogP contribution is 2.22. The first-order valence-electron chi connectivity index (χ1n) is 5.67. The molecule has 19 heavy (non-hydrogen) atoms. The molecule has 0 amide bonds. The van der Waals surface area contributed by atoms with Crippen LogP contribution in [0.5, 0.6) is 0 Å². The molecule has 1 aromatic carbocycles. The molecule has 0 bridgehead atoms. The van der Waals surface area contributed by atoms with Crippen molar-refractivity contribution >= 4 is 34.2 Å². The predicted molar refractivity (Wildman–Crippen MR) is 72.4 cm³/mol. The lowest BCUT2D eigenvalue weighted by Crippen LogP contribution is -2.04. The number of alkyl halides is 1. The summed E-state index contributed by atoms with van der Waals surface area (Å²) in [5, 5.41) is 4.42. The van der Waals surface area contributed by atoms with Crippen LogP contribution in [0.2, 0.25) is 5.02 Å². The quantitative estimate of drug-likeness (QED) is 0.697. The highest BCUT2D eigenvalue weighted by Gasteiger charge is 2.13. The molecule has 0 radical (unpaired) electrons. The third-order valence-electron chi connectivity index (χ3n) is 2.77. The third-order valence-corrected chi connectivity index (χ3v) is 3.25. The average Bonchev–Trinajstić information content (AvgIpc) is 2.94. The summed E-state index contributed by atoms with van der Waals surface area (Å²) >= 11 is 11.9. The Morgan fingerprint density at radius 1 is 1.32 bits per heavy atom. The van der Waals surface area contributed by atoms with E-state index in [1.165, 1.54) is 0 Å². The molecular weight excluding hydrogens is 287 g/mol. The van der Waals surface area contributed by atoms with E-state index >= 15 is 0 Å². The van der Waals surface area contributed by atoms with Gasteiger partial charge < -0.3 is 9.09 Å². The predicted octanol–water partition coefficient (Wildman–Crippen LogP) is 3.17. The number of hydrogen-bond donors (Lipinski definition) is 0. The Morgan fingerprint density at radius 2 is 2.16 bits per heavy atom. The van der Waals surface area contributed by atoms with Gasteiger partial charge in [-0.1, -0.05) is 16.8 Å². The van der Waals surface area contributed by atoms with E-state index in [0.717, 1.165) is 16.9 Å². The van der Waals surface area contributed by atoms with Gasteiger partial charge in [-0.3, -0.25) is 0 Å². The number of imidazole rings is 1. The second-order valence-electron chi connectivity index (χ2n) is 4.12. The zero-order valence-electron chi connectivity index (χ0n) is 10.1. The Balaban J connectivity index is 2.10. The normalized spacial score (nSPS) is 11.3. The number of hydrogen-bond acceptors (Lipinski definition) is 4. The zero-order valence-corrected chi connectivity index (χ0v) is 11.6. The molecule has 0 N–H and O–H groups in total. The number of halogens is 2. The van der Waals surface area contributed by atoms with Crippen LogP contribution in [0.4, 0.5) is 0 Å². The van der Waals surface area contributed by atoms with Gasteiger partial charge in [0.05, 0.1) is 16.9 Å². The fourth-order valence-corrected chi connectivity index (χ4v) is 2.34. The molecule has 2 aromatic heterocycles. The molecule has 0 aliphatic rings. The van der Waals surface area contributed by atoms with Crippen molar-refractivity contribution in [1.82, 2.24) is 19.7 Å². The minimum atomic E-state index is 0.305. The Hall–Kier alpha value is -1.59. The summed E-state index contributed by atoms with van der Waals surface area (Å²) in [4.78, 5) is 8.64. The molecule has 0 unspecified atom stereocenters. The van der Waals surface area contributed by atoms with E-state index in [9.17, 15) is 0 Å². The van der Waals surface area contributed by atoms with Gasteiger partial charge >= 0.3 is 0 Å². The SMILES string of the molecule is Cc1noc(Cn2c(CCl)nc3cc(Cl)ccc32)n1. The van der Waals surface area contributed by atoms with Crippen molar-refractivity contribution in [3.05, 3.63) is 40.8 Å². The van der Waals surface area contributed by atoms with E-state index in [1.807, 2.05) is 22.8 Å². The molecule has 0 aliphatic carbocycles. The molecule has 3 aromatic rings. The van der Waals surface area contributed by atoms with Crippen molar-refractivity contribution in [3.8, 4) is 0 Å². The monoisotopic (exact) mass is 296 g/mol. The van der Waals surface area contributed by atoms with Crippen molar-refractivity contribution in [2.75, 3.05) is 0 Å². The standard InChI is InChI=1S/C12H10Cl2N4O/c1-7-15-12(19-17-7)6-18-10-3-2-8(14)4-9(10)16-11(18)5-13/h2-4H,5-6H2,1H3. The second-order valence-corrected chi connectivity index (χ2v) is 4.82. The summed E-state index contributed by atoms with van der Waals surface area (Å²) in [6.07, 6.45) is 0. The van der Waals surface area contributed by atoms with Crippen LogP contribution in [-0.4, -0.2) is 19.7 Å². The van der Waals surface area contributed by atoms with Crippen molar-refractivity contribution in [2.24, 2.45) is 0 Å². The van der Waals surface area contributed by atoms with Crippen molar-refractivity contribution in [3.63, 3.8) is 0 Å². The number of fused-ring (bicyclic) bond motifs is 1. The molecule has 0 saturated heterocycles. The Bertz CT molecular complexity index is 734. The minimum Gasteiger partial charge on any atom is -0.337 e. The molecular formula is C12H10Cl2N4O. The lowest BCUT2D eigenvalue weighted by atomic mass is 10.3. The summed E-state index contributed by atoms with van der Waals surface area (Å²) in [7, 11) is 0. The molecule has 3 rings (SSSR count). The van der Waals surface area contributed by atoms with Crippen LogP contribution in [0, 0.1) is 6.92 Å². The molecule has 98 valence electrons. The molecule has 0 spiro atoms. The molecule has 0 fully saturated rings. The van der Waals surface area contributed by atoms with Gasteiger partial charge in [0.15, 0.2) is 5.82 Å². The molecule has 0 aliphatic heterocycles. The topological polar surface area (TPSA) is 56.7 Å². The van der Waals surface area contributed by atoms with E-state index in [-0.39, 0.29) is 0 Å². The van der Waals surface area contributed by atoms with Crippen molar-refractivity contribution in [2.45, 2.75) is 19.3 Å². The number of aromatic nitrogens is 4. The molecule has 7 heteroatoms. The Morgan fingerprint density at radius 3 is 2.84 bits per heavy atom. The van der Waals surface area contributed by atoms with Crippen LogP contribution in [0.25, 0.3) is 11.0 Å². The lowest BCUT2D eigenvalue weighted by Gasteiger charge is -2.03. The minimum absolute atomic E-state index is 0.305. The van der Waals surface area contributed by atoms with Crippen molar-refractivity contribution in [1.29, 1.82) is 0 Å². The van der Waals surface area contributed by atoms with Crippen LogP contribution in [0.3, 0.4) is 0 Å².